The normalized spacial score (nSPS) is 18.3. The van der Waals surface area contributed by atoms with Crippen LogP contribution in [0.5, 0.6) is 0 Å². The van der Waals surface area contributed by atoms with Crippen LogP contribution >= 0.6 is 0 Å². The molecule has 5 nitrogen and oxygen atoms in total. The zero-order chi connectivity index (χ0) is 14.2. The first-order valence-electron chi connectivity index (χ1n) is 6.14. The van der Waals surface area contributed by atoms with Crippen LogP contribution in [0.2, 0.25) is 0 Å². The maximum absolute atomic E-state index is 11.8. The second kappa shape index (κ2) is 4.85. The number of rotatable bonds is 3. The minimum absolute atomic E-state index is 0.123. The summed E-state index contributed by atoms with van der Waals surface area (Å²) in [5, 5.41) is 0. The smallest absolute Gasteiger partial charge is 0.338 e. The Balaban J connectivity index is 2.40. The summed E-state index contributed by atoms with van der Waals surface area (Å²) in [5.74, 6) is -0.379. The van der Waals surface area contributed by atoms with Gasteiger partial charge < -0.3 is 4.74 Å². The lowest BCUT2D eigenvalue weighted by atomic mass is 10.1. The predicted octanol–water partition coefficient (Wildman–Crippen LogP) is 1.57. The molecule has 1 aliphatic rings. The zero-order valence-corrected chi connectivity index (χ0v) is 12.0. The third-order valence-corrected chi connectivity index (χ3v) is 4.37. The molecule has 0 aliphatic carbocycles. The molecule has 0 spiro atoms. The molecule has 0 unspecified atom stereocenters. The van der Waals surface area contributed by atoms with E-state index in [2.05, 4.69) is 0 Å². The summed E-state index contributed by atoms with van der Waals surface area (Å²) in [6.07, 6.45) is 1.80. The Labute approximate surface area is 113 Å². The van der Waals surface area contributed by atoms with E-state index in [9.17, 15) is 13.2 Å². The van der Waals surface area contributed by atoms with Crippen molar-refractivity contribution in [3.63, 3.8) is 0 Å². The van der Waals surface area contributed by atoms with E-state index in [0.29, 0.717) is 24.3 Å². The molecule has 0 radical (unpaired) electrons. The van der Waals surface area contributed by atoms with Crippen molar-refractivity contribution in [3.05, 3.63) is 29.3 Å². The van der Waals surface area contributed by atoms with Gasteiger partial charge in [0, 0.05) is 6.04 Å². The number of nitrogens with zero attached hydrogens (tertiary/aromatic N) is 1. The topological polar surface area (TPSA) is 63.7 Å². The van der Waals surface area contributed by atoms with E-state index < -0.39 is 10.0 Å². The van der Waals surface area contributed by atoms with Crippen LogP contribution in [0, 0.1) is 0 Å². The van der Waals surface area contributed by atoms with Gasteiger partial charge in [-0.05, 0) is 44.0 Å². The Morgan fingerprint density at radius 1 is 1.47 bits per heavy atom. The quantitative estimate of drug-likeness (QED) is 0.790. The van der Waals surface area contributed by atoms with E-state index in [0.717, 1.165) is 5.56 Å². The monoisotopic (exact) mass is 283 g/mol. The van der Waals surface area contributed by atoms with Crippen molar-refractivity contribution < 1.29 is 17.9 Å². The number of ether oxygens (including phenoxy) is 1. The summed E-state index contributed by atoms with van der Waals surface area (Å²) >= 11 is 0. The van der Waals surface area contributed by atoms with Crippen LogP contribution in [-0.4, -0.2) is 33.3 Å². The molecule has 2 rings (SSSR count). The Kier molecular flexibility index (Phi) is 3.54. The summed E-state index contributed by atoms with van der Waals surface area (Å²) in [6.45, 7) is 3.92. The first-order valence-corrected chi connectivity index (χ1v) is 7.99. The van der Waals surface area contributed by atoms with Crippen LogP contribution in [0.15, 0.2) is 18.2 Å². The number of benzene rings is 1. The fraction of sp³-hybridized carbons (Fsp3) is 0.462. The molecule has 6 heteroatoms. The summed E-state index contributed by atoms with van der Waals surface area (Å²) in [4.78, 5) is 11.7. The van der Waals surface area contributed by atoms with Gasteiger partial charge in [-0.15, -0.1) is 0 Å². The Morgan fingerprint density at radius 3 is 2.74 bits per heavy atom. The molecule has 0 saturated carbocycles. The molecule has 0 fully saturated rings. The molecule has 1 aromatic carbocycles. The standard InChI is InChI=1S/C13H17NO4S/c1-4-18-13(15)10-5-6-12-11(8-10)7-9(2)14(12)19(3,16)17/h5-6,8-9H,4,7H2,1-3H3/t9-/m1/s1. The molecule has 1 aliphatic heterocycles. The number of fused-ring (bicyclic) bond motifs is 1. The molecule has 1 heterocycles. The number of carbonyl (C=O) groups is 1. The lowest BCUT2D eigenvalue weighted by Crippen LogP contribution is -2.34. The van der Waals surface area contributed by atoms with Crippen molar-refractivity contribution in [2.24, 2.45) is 0 Å². The number of anilines is 1. The Hall–Kier alpha value is -1.56. The van der Waals surface area contributed by atoms with Crippen molar-refractivity contribution in [1.29, 1.82) is 0 Å². The van der Waals surface area contributed by atoms with E-state index in [1.165, 1.54) is 10.6 Å². The highest BCUT2D eigenvalue weighted by atomic mass is 32.2. The largest absolute Gasteiger partial charge is 0.462 e. The lowest BCUT2D eigenvalue weighted by Gasteiger charge is -2.21. The van der Waals surface area contributed by atoms with Gasteiger partial charge in [-0.1, -0.05) is 0 Å². The maximum atomic E-state index is 11.8. The summed E-state index contributed by atoms with van der Waals surface area (Å²) in [5.41, 5.74) is 1.98. The highest BCUT2D eigenvalue weighted by Gasteiger charge is 2.32. The first kappa shape index (κ1) is 13.9. The Bertz CT molecular complexity index is 609. The van der Waals surface area contributed by atoms with Crippen LogP contribution in [0.1, 0.15) is 29.8 Å². The zero-order valence-electron chi connectivity index (χ0n) is 11.2. The minimum Gasteiger partial charge on any atom is -0.462 e. The van der Waals surface area contributed by atoms with Crippen molar-refractivity contribution in [2.45, 2.75) is 26.3 Å². The molecule has 104 valence electrons. The van der Waals surface area contributed by atoms with Gasteiger partial charge in [-0.3, -0.25) is 4.31 Å². The second-order valence-electron chi connectivity index (χ2n) is 4.68. The number of hydrogen-bond donors (Lipinski definition) is 0. The van der Waals surface area contributed by atoms with Gasteiger partial charge in [0.25, 0.3) is 0 Å². The van der Waals surface area contributed by atoms with Crippen molar-refractivity contribution >= 4 is 21.7 Å². The van der Waals surface area contributed by atoms with Crippen molar-refractivity contribution in [2.75, 3.05) is 17.2 Å². The molecular weight excluding hydrogens is 266 g/mol. The third-order valence-electron chi connectivity index (χ3n) is 3.10. The average Bonchev–Trinajstić information content (AvgIpc) is 2.63. The fourth-order valence-corrected chi connectivity index (χ4v) is 3.71. The molecule has 0 amide bonds. The molecule has 0 N–H and O–H groups in total. The van der Waals surface area contributed by atoms with Crippen molar-refractivity contribution in [1.82, 2.24) is 0 Å². The van der Waals surface area contributed by atoms with Crippen LogP contribution in [0.4, 0.5) is 5.69 Å². The number of sulfonamides is 1. The first-order chi connectivity index (χ1) is 8.84. The molecule has 0 bridgehead atoms. The molecule has 0 saturated heterocycles. The summed E-state index contributed by atoms with van der Waals surface area (Å²) < 4.78 is 29.9. The van der Waals surface area contributed by atoms with Crippen molar-refractivity contribution in [3.8, 4) is 0 Å². The maximum Gasteiger partial charge on any atom is 0.338 e. The van der Waals surface area contributed by atoms with Gasteiger partial charge in [-0.25, -0.2) is 13.2 Å². The predicted molar refractivity (Wildman–Crippen MR) is 72.9 cm³/mol. The van der Waals surface area contributed by atoms with E-state index in [1.54, 1.807) is 25.1 Å². The summed E-state index contributed by atoms with van der Waals surface area (Å²) in [6, 6.07) is 4.87. The van der Waals surface area contributed by atoms with Gasteiger partial charge in [0.05, 0.1) is 24.1 Å². The number of hydrogen-bond acceptors (Lipinski definition) is 4. The summed E-state index contributed by atoms with van der Waals surface area (Å²) in [7, 11) is -3.29. The molecule has 1 atom stereocenters. The van der Waals surface area contributed by atoms with Crippen LogP contribution < -0.4 is 4.31 Å². The molecule has 19 heavy (non-hydrogen) atoms. The minimum atomic E-state index is -3.29. The van der Waals surface area contributed by atoms with Gasteiger partial charge >= 0.3 is 5.97 Å². The highest BCUT2D eigenvalue weighted by molar-refractivity contribution is 7.92. The lowest BCUT2D eigenvalue weighted by molar-refractivity contribution is 0.0526. The van der Waals surface area contributed by atoms with Gasteiger partial charge in [0.1, 0.15) is 0 Å². The highest BCUT2D eigenvalue weighted by Crippen LogP contribution is 2.34. The van der Waals surface area contributed by atoms with Crippen LogP contribution in [0.25, 0.3) is 0 Å². The van der Waals surface area contributed by atoms with Gasteiger partial charge in [0.15, 0.2) is 0 Å². The van der Waals surface area contributed by atoms with E-state index in [4.69, 9.17) is 4.74 Å². The van der Waals surface area contributed by atoms with Gasteiger partial charge in [-0.2, -0.15) is 0 Å². The SMILES string of the molecule is CCOC(=O)c1ccc2c(c1)C[C@@H](C)N2S(C)(=O)=O. The Morgan fingerprint density at radius 2 is 2.16 bits per heavy atom. The van der Waals surface area contributed by atoms with Crippen LogP contribution in [-0.2, 0) is 21.2 Å². The van der Waals surface area contributed by atoms with E-state index in [-0.39, 0.29) is 12.0 Å². The molecular formula is C13H17NO4S. The molecule has 0 aromatic heterocycles. The molecule has 1 aromatic rings. The van der Waals surface area contributed by atoms with Gasteiger partial charge in [0.2, 0.25) is 10.0 Å². The van der Waals surface area contributed by atoms with E-state index in [1.807, 2.05) is 6.92 Å². The van der Waals surface area contributed by atoms with E-state index >= 15 is 0 Å². The van der Waals surface area contributed by atoms with Crippen LogP contribution in [0.3, 0.4) is 0 Å². The fourth-order valence-electron chi connectivity index (χ4n) is 2.45. The number of esters is 1. The average molecular weight is 283 g/mol. The number of carbonyl (C=O) groups excluding carboxylic acids is 1. The second-order valence-corrected chi connectivity index (χ2v) is 6.54. The third kappa shape index (κ3) is 2.58.